The topological polar surface area (TPSA) is 65.5 Å². The van der Waals surface area contributed by atoms with Crippen LogP contribution < -0.4 is 0 Å². The van der Waals surface area contributed by atoms with Crippen LogP contribution in [0.2, 0.25) is 0 Å². The SMILES string of the molecule is CC(=O)OCC(COC(C)=O)c1ccccn1. The summed E-state index contributed by atoms with van der Waals surface area (Å²) in [6.07, 6.45) is 1.64. The smallest absolute Gasteiger partial charge is 0.302 e. The van der Waals surface area contributed by atoms with Crippen LogP contribution in [0.3, 0.4) is 0 Å². The Morgan fingerprint density at radius 1 is 1.18 bits per heavy atom. The molecule has 0 aliphatic heterocycles. The zero-order valence-electron chi connectivity index (χ0n) is 9.88. The third-order valence-corrected chi connectivity index (χ3v) is 2.08. The number of hydrogen-bond acceptors (Lipinski definition) is 5. The first kappa shape index (κ1) is 13.2. The highest BCUT2D eigenvalue weighted by Gasteiger charge is 2.16. The number of pyridine rings is 1. The Kier molecular flexibility index (Phi) is 5.13. The summed E-state index contributed by atoms with van der Waals surface area (Å²) in [6, 6.07) is 5.42. The third-order valence-electron chi connectivity index (χ3n) is 2.08. The second-order valence-corrected chi connectivity index (χ2v) is 3.56. The summed E-state index contributed by atoms with van der Waals surface area (Å²) in [5, 5.41) is 0. The van der Waals surface area contributed by atoms with Gasteiger partial charge in [-0.1, -0.05) is 6.07 Å². The molecule has 0 N–H and O–H groups in total. The van der Waals surface area contributed by atoms with Crippen molar-refractivity contribution in [3.05, 3.63) is 30.1 Å². The minimum Gasteiger partial charge on any atom is -0.465 e. The minimum atomic E-state index is -0.367. The maximum Gasteiger partial charge on any atom is 0.302 e. The number of hydrogen-bond donors (Lipinski definition) is 0. The van der Waals surface area contributed by atoms with Crippen LogP contribution in [-0.4, -0.2) is 30.1 Å². The van der Waals surface area contributed by atoms with Gasteiger partial charge in [-0.3, -0.25) is 14.6 Å². The second kappa shape index (κ2) is 6.62. The fraction of sp³-hybridized carbons (Fsp3) is 0.417. The zero-order valence-corrected chi connectivity index (χ0v) is 9.88. The van der Waals surface area contributed by atoms with Crippen LogP contribution in [-0.2, 0) is 19.1 Å². The summed E-state index contributed by atoms with van der Waals surface area (Å²) in [5.74, 6) is -0.966. The first-order valence-corrected chi connectivity index (χ1v) is 5.27. The van der Waals surface area contributed by atoms with Gasteiger partial charge in [0.05, 0.1) is 11.6 Å². The predicted octanol–water partition coefficient (Wildman–Crippen LogP) is 1.29. The third kappa shape index (κ3) is 5.10. The van der Waals surface area contributed by atoms with Crippen molar-refractivity contribution in [1.82, 2.24) is 4.98 Å². The first-order valence-electron chi connectivity index (χ1n) is 5.27. The Bertz CT molecular complexity index is 359. The van der Waals surface area contributed by atoms with E-state index in [1.807, 2.05) is 6.07 Å². The van der Waals surface area contributed by atoms with Crippen molar-refractivity contribution in [2.45, 2.75) is 19.8 Å². The lowest BCUT2D eigenvalue weighted by molar-refractivity contribution is -0.144. The summed E-state index contributed by atoms with van der Waals surface area (Å²) in [5.41, 5.74) is 0.731. The van der Waals surface area contributed by atoms with Crippen LogP contribution in [0.4, 0.5) is 0 Å². The number of aromatic nitrogens is 1. The van der Waals surface area contributed by atoms with E-state index >= 15 is 0 Å². The predicted molar refractivity (Wildman–Crippen MR) is 60.2 cm³/mol. The molecule has 0 atom stereocenters. The highest BCUT2D eigenvalue weighted by Crippen LogP contribution is 2.14. The standard InChI is InChI=1S/C12H15NO4/c1-9(14)16-7-11(8-17-10(2)15)12-5-3-4-6-13-12/h3-6,11H,7-8H2,1-2H3. The molecular weight excluding hydrogens is 222 g/mol. The van der Waals surface area contributed by atoms with E-state index in [2.05, 4.69) is 4.98 Å². The van der Waals surface area contributed by atoms with E-state index in [0.717, 1.165) is 5.69 Å². The maximum absolute atomic E-state index is 10.8. The van der Waals surface area contributed by atoms with Crippen molar-refractivity contribution in [1.29, 1.82) is 0 Å². The fourth-order valence-electron chi connectivity index (χ4n) is 1.27. The summed E-state index contributed by atoms with van der Waals surface area (Å²) >= 11 is 0. The van der Waals surface area contributed by atoms with Gasteiger partial charge in [-0.25, -0.2) is 0 Å². The molecule has 0 saturated carbocycles. The molecule has 0 unspecified atom stereocenters. The summed E-state index contributed by atoms with van der Waals surface area (Å²) in [6.45, 7) is 2.97. The molecule has 17 heavy (non-hydrogen) atoms. The van der Waals surface area contributed by atoms with E-state index in [-0.39, 0.29) is 31.1 Å². The number of carbonyl (C=O) groups is 2. The average molecular weight is 237 g/mol. The molecule has 92 valence electrons. The first-order chi connectivity index (χ1) is 8.09. The summed E-state index contributed by atoms with van der Waals surface area (Å²) in [4.78, 5) is 25.7. The van der Waals surface area contributed by atoms with Gasteiger partial charge in [0.1, 0.15) is 13.2 Å². The molecule has 1 aromatic rings. The van der Waals surface area contributed by atoms with E-state index < -0.39 is 0 Å². The van der Waals surface area contributed by atoms with Crippen LogP contribution in [0, 0.1) is 0 Å². The molecule has 0 radical (unpaired) electrons. The van der Waals surface area contributed by atoms with Crippen LogP contribution in [0.5, 0.6) is 0 Å². The van der Waals surface area contributed by atoms with Gasteiger partial charge in [-0.05, 0) is 12.1 Å². The van der Waals surface area contributed by atoms with Crippen LogP contribution in [0.15, 0.2) is 24.4 Å². The van der Waals surface area contributed by atoms with E-state index in [1.165, 1.54) is 13.8 Å². The lowest BCUT2D eigenvalue weighted by Gasteiger charge is -2.15. The molecule has 5 nitrogen and oxygen atoms in total. The molecule has 0 aromatic carbocycles. The van der Waals surface area contributed by atoms with Crippen molar-refractivity contribution in [2.75, 3.05) is 13.2 Å². The molecule has 0 spiro atoms. The van der Waals surface area contributed by atoms with E-state index in [0.29, 0.717) is 0 Å². The monoisotopic (exact) mass is 237 g/mol. The minimum absolute atomic E-state index is 0.152. The van der Waals surface area contributed by atoms with Gasteiger partial charge in [0.2, 0.25) is 0 Å². The van der Waals surface area contributed by atoms with Crippen molar-refractivity contribution in [3.8, 4) is 0 Å². The van der Waals surface area contributed by atoms with Gasteiger partial charge in [-0.2, -0.15) is 0 Å². The zero-order chi connectivity index (χ0) is 12.7. The van der Waals surface area contributed by atoms with Crippen molar-refractivity contribution < 1.29 is 19.1 Å². The quantitative estimate of drug-likeness (QED) is 0.722. The molecule has 1 aromatic heterocycles. The van der Waals surface area contributed by atoms with Gasteiger partial charge in [-0.15, -0.1) is 0 Å². The van der Waals surface area contributed by atoms with Crippen molar-refractivity contribution in [2.24, 2.45) is 0 Å². The van der Waals surface area contributed by atoms with Crippen LogP contribution in [0.25, 0.3) is 0 Å². The molecule has 0 bridgehead atoms. The Morgan fingerprint density at radius 2 is 1.76 bits per heavy atom. The van der Waals surface area contributed by atoms with Gasteiger partial charge in [0.25, 0.3) is 0 Å². The Balaban J connectivity index is 2.64. The largest absolute Gasteiger partial charge is 0.465 e. The number of nitrogens with zero attached hydrogens (tertiary/aromatic N) is 1. The number of carbonyl (C=O) groups excluding carboxylic acids is 2. The maximum atomic E-state index is 10.8. The summed E-state index contributed by atoms with van der Waals surface area (Å²) < 4.78 is 9.84. The highest BCUT2D eigenvalue weighted by molar-refractivity contribution is 5.66. The Labute approximate surface area is 99.8 Å². The van der Waals surface area contributed by atoms with Crippen LogP contribution in [0.1, 0.15) is 25.5 Å². The van der Waals surface area contributed by atoms with E-state index in [4.69, 9.17) is 9.47 Å². The van der Waals surface area contributed by atoms with Crippen molar-refractivity contribution in [3.63, 3.8) is 0 Å². The number of rotatable bonds is 5. The molecule has 0 fully saturated rings. The normalized spacial score (nSPS) is 10.1. The fourth-order valence-corrected chi connectivity index (χ4v) is 1.27. The van der Waals surface area contributed by atoms with E-state index in [1.54, 1.807) is 18.3 Å². The molecule has 1 heterocycles. The number of ether oxygens (including phenoxy) is 2. The molecule has 0 aliphatic rings. The molecule has 0 amide bonds. The average Bonchev–Trinajstić information content (AvgIpc) is 2.29. The lowest BCUT2D eigenvalue weighted by atomic mass is 10.1. The molecular formula is C12H15NO4. The molecule has 0 aliphatic carbocycles. The number of esters is 2. The van der Waals surface area contributed by atoms with Gasteiger partial charge in [0.15, 0.2) is 0 Å². The van der Waals surface area contributed by atoms with Crippen molar-refractivity contribution >= 4 is 11.9 Å². The molecule has 0 saturated heterocycles. The lowest BCUT2D eigenvalue weighted by Crippen LogP contribution is -2.18. The van der Waals surface area contributed by atoms with Gasteiger partial charge < -0.3 is 9.47 Å². The summed E-state index contributed by atoms with van der Waals surface area (Å²) in [7, 11) is 0. The van der Waals surface area contributed by atoms with Gasteiger partial charge >= 0.3 is 11.9 Å². The highest BCUT2D eigenvalue weighted by atomic mass is 16.5. The second-order valence-electron chi connectivity index (χ2n) is 3.56. The Morgan fingerprint density at radius 3 is 2.18 bits per heavy atom. The molecule has 5 heteroatoms. The molecule has 1 rings (SSSR count). The van der Waals surface area contributed by atoms with Crippen LogP contribution >= 0.6 is 0 Å². The van der Waals surface area contributed by atoms with Gasteiger partial charge in [0, 0.05) is 20.0 Å². The Hall–Kier alpha value is -1.91. The van der Waals surface area contributed by atoms with E-state index in [9.17, 15) is 9.59 Å².